The molecule has 2 aromatic heterocycles. The average Bonchev–Trinajstić information content (AvgIpc) is 2.87. The second-order valence-corrected chi connectivity index (χ2v) is 7.11. The normalized spacial score (nSPS) is 14.5. The number of benzene rings is 2. The van der Waals surface area contributed by atoms with Crippen molar-refractivity contribution in [2.75, 3.05) is 0 Å². The van der Waals surface area contributed by atoms with E-state index in [9.17, 15) is 9.18 Å². The number of hydrogen-bond donors (Lipinski definition) is 1. The van der Waals surface area contributed by atoms with E-state index in [0.717, 1.165) is 45.2 Å². The summed E-state index contributed by atoms with van der Waals surface area (Å²) in [5.74, 6) is 0.461. The molecule has 2 heterocycles. The van der Waals surface area contributed by atoms with Crippen LogP contribution < -0.4 is 5.56 Å². The maximum Gasteiger partial charge on any atom is 0.256 e. The second-order valence-electron chi connectivity index (χ2n) is 7.11. The number of imidazole rings is 1. The van der Waals surface area contributed by atoms with Crippen molar-refractivity contribution in [3.63, 3.8) is 0 Å². The minimum absolute atomic E-state index is 0.241. The van der Waals surface area contributed by atoms with Crippen LogP contribution in [-0.2, 0) is 7.05 Å². The summed E-state index contributed by atoms with van der Waals surface area (Å²) in [6, 6.07) is 6.42. The van der Waals surface area contributed by atoms with Gasteiger partial charge in [-0.3, -0.25) is 4.79 Å². The van der Waals surface area contributed by atoms with Gasteiger partial charge in [0.15, 0.2) is 0 Å². The van der Waals surface area contributed by atoms with E-state index in [1.807, 2.05) is 17.7 Å². The van der Waals surface area contributed by atoms with Crippen LogP contribution in [-0.4, -0.2) is 14.5 Å². The van der Waals surface area contributed by atoms with Gasteiger partial charge in [-0.2, -0.15) is 0 Å². The van der Waals surface area contributed by atoms with E-state index in [2.05, 4.69) is 36.2 Å². The second kappa shape index (κ2) is 6.02. The number of allylic oxidation sites excluding steroid dienone is 6. The Morgan fingerprint density at radius 2 is 1.93 bits per heavy atom. The Balaban J connectivity index is 2.03. The van der Waals surface area contributed by atoms with Gasteiger partial charge in [-0.15, -0.1) is 0 Å². The zero-order valence-electron chi connectivity index (χ0n) is 15.6. The molecule has 0 fully saturated rings. The van der Waals surface area contributed by atoms with E-state index in [-0.39, 0.29) is 11.4 Å². The number of rotatable bonds is 1. The highest BCUT2D eigenvalue weighted by Gasteiger charge is 2.19. The molecule has 2 aromatic carbocycles. The van der Waals surface area contributed by atoms with Gasteiger partial charge in [-0.05, 0) is 43.2 Å². The van der Waals surface area contributed by atoms with Gasteiger partial charge in [0.1, 0.15) is 11.6 Å². The molecule has 5 rings (SSSR count). The summed E-state index contributed by atoms with van der Waals surface area (Å²) in [5.41, 5.74) is 3.57. The van der Waals surface area contributed by atoms with Crippen LogP contribution in [0.1, 0.15) is 19.2 Å². The number of aromatic amines is 1. The molecule has 0 amide bonds. The standard InChI is InChI=1S/C23H18FN3O/c1-13-6-4-3-5-7-15(13)22-26-20-17-10-11-25-23(28)19(17)18-12-14(24)8-9-16(18)21(20)27(22)2/h4-12H,3H2,1-2H3,(H,25,28). The van der Waals surface area contributed by atoms with E-state index >= 15 is 0 Å². The van der Waals surface area contributed by atoms with Gasteiger partial charge in [0.25, 0.3) is 5.56 Å². The molecule has 0 spiro atoms. The summed E-state index contributed by atoms with van der Waals surface area (Å²) in [6.07, 6.45) is 10.9. The topological polar surface area (TPSA) is 50.7 Å². The Bertz CT molecular complexity index is 1430. The van der Waals surface area contributed by atoms with E-state index in [4.69, 9.17) is 4.98 Å². The van der Waals surface area contributed by atoms with Crippen LogP contribution in [0.3, 0.4) is 0 Å². The summed E-state index contributed by atoms with van der Waals surface area (Å²) in [6.45, 7) is 2.07. The quantitative estimate of drug-likeness (QED) is 0.479. The lowest BCUT2D eigenvalue weighted by Crippen LogP contribution is -2.05. The van der Waals surface area contributed by atoms with Crippen molar-refractivity contribution in [2.45, 2.75) is 13.3 Å². The van der Waals surface area contributed by atoms with Crippen molar-refractivity contribution >= 4 is 38.2 Å². The van der Waals surface area contributed by atoms with Crippen LogP contribution in [0.4, 0.5) is 4.39 Å². The minimum Gasteiger partial charge on any atom is -0.329 e. The number of nitrogens with one attached hydrogen (secondary N) is 1. The molecule has 1 N–H and O–H groups in total. The molecule has 138 valence electrons. The first-order valence-corrected chi connectivity index (χ1v) is 9.19. The maximum atomic E-state index is 14.0. The van der Waals surface area contributed by atoms with E-state index in [1.54, 1.807) is 12.3 Å². The zero-order chi connectivity index (χ0) is 19.4. The third kappa shape index (κ3) is 2.29. The lowest BCUT2D eigenvalue weighted by atomic mass is 10.0. The van der Waals surface area contributed by atoms with E-state index in [0.29, 0.717) is 10.8 Å². The number of aryl methyl sites for hydroxylation is 1. The third-order valence-electron chi connectivity index (χ3n) is 5.41. The largest absolute Gasteiger partial charge is 0.329 e. The molecule has 28 heavy (non-hydrogen) atoms. The highest BCUT2D eigenvalue weighted by atomic mass is 19.1. The van der Waals surface area contributed by atoms with Gasteiger partial charge >= 0.3 is 0 Å². The number of nitrogens with zero attached hydrogens (tertiary/aromatic N) is 2. The van der Waals surface area contributed by atoms with Gasteiger partial charge in [-0.25, -0.2) is 9.37 Å². The summed E-state index contributed by atoms with van der Waals surface area (Å²) < 4.78 is 16.1. The number of H-pyrrole nitrogens is 1. The monoisotopic (exact) mass is 371 g/mol. The predicted octanol–water partition coefficient (Wildman–Crippen LogP) is 5.00. The lowest BCUT2D eigenvalue weighted by molar-refractivity contribution is 0.630. The van der Waals surface area contributed by atoms with Crippen LogP contribution in [0.2, 0.25) is 0 Å². The summed E-state index contributed by atoms with van der Waals surface area (Å²) >= 11 is 0. The summed E-state index contributed by atoms with van der Waals surface area (Å²) in [4.78, 5) is 20.2. The minimum atomic E-state index is -0.366. The molecular formula is C23H18FN3O. The average molecular weight is 371 g/mol. The fourth-order valence-electron chi connectivity index (χ4n) is 4.09. The number of pyridine rings is 1. The first-order valence-electron chi connectivity index (χ1n) is 9.19. The molecular weight excluding hydrogens is 353 g/mol. The molecule has 4 aromatic rings. The fourth-order valence-corrected chi connectivity index (χ4v) is 4.09. The molecule has 1 aliphatic carbocycles. The first-order chi connectivity index (χ1) is 13.6. The molecule has 0 atom stereocenters. The molecule has 4 nitrogen and oxygen atoms in total. The number of hydrogen-bond acceptors (Lipinski definition) is 2. The molecule has 0 saturated heterocycles. The number of aromatic nitrogens is 3. The molecule has 0 radical (unpaired) electrons. The molecule has 0 bridgehead atoms. The lowest BCUT2D eigenvalue weighted by Gasteiger charge is -2.08. The maximum absolute atomic E-state index is 14.0. The Morgan fingerprint density at radius 1 is 1.11 bits per heavy atom. The Labute approximate surface area is 160 Å². The Morgan fingerprint density at radius 3 is 2.79 bits per heavy atom. The predicted molar refractivity (Wildman–Crippen MR) is 112 cm³/mol. The van der Waals surface area contributed by atoms with Crippen LogP contribution in [0.5, 0.6) is 0 Å². The highest BCUT2D eigenvalue weighted by molar-refractivity contribution is 6.23. The van der Waals surface area contributed by atoms with Crippen LogP contribution in [0.25, 0.3) is 38.2 Å². The van der Waals surface area contributed by atoms with Crippen LogP contribution >= 0.6 is 0 Å². The fraction of sp³-hybridized carbons (Fsp3) is 0.130. The van der Waals surface area contributed by atoms with Gasteiger partial charge in [0.2, 0.25) is 0 Å². The molecule has 0 aliphatic heterocycles. The van der Waals surface area contributed by atoms with Crippen molar-refractivity contribution < 1.29 is 4.39 Å². The molecule has 5 heteroatoms. The molecule has 0 unspecified atom stereocenters. The van der Waals surface area contributed by atoms with Crippen molar-refractivity contribution in [3.8, 4) is 0 Å². The first kappa shape index (κ1) is 16.7. The van der Waals surface area contributed by atoms with Gasteiger partial charge in [0.05, 0.1) is 16.4 Å². The van der Waals surface area contributed by atoms with Crippen molar-refractivity contribution in [2.24, 2.45) is 7.05 Å². The highest BCUT2D eigenvalue weighted by Crippen LogP contribution is 2.35. The number of halogens is 1. The van der Waals surface area contributed by atoms with Crippen molar-refractivity contribution in [3.05, 3.63) is 82.3 Å². The number of fused-ring (bicyclic) bond motifs is 6. The smallest absolute Gasteiger partial charge is 0.256 e. The van der Waals surface area contributed by atoms with Gasteiger partial charge in [0, 0.05) is 35.0 Å². The zero-order valence-corrected chi connectivity index (χ0v) is 15.6. The summed E-state index contributed by atoms with van der Waals surface area (Å²) in [7, 11) is 1.97. The Hall–Kier alpha value is -3.47. The Kier molecular flexibility index (Phi) is 3.59. The van der Waals surface area contributed by atoms with Crippen molar-refractivity contribution in [1.29, 1.82) is 0 Å². The SMILES string of the molecule is CC1=C(c2nc3c4cc[nH]c(=O)c4c4cc(F)ccc4c3n2C)C=CCC=C1. The molecule has 1 aliphatic rings. The summed E-state index contributed by atoms with van der Waals surface area (Å²) in [5, 5.41) is 2.61. The van der Waals surface area contributed by atoms with Crippen LogP contribution in [0, 0.1) is 5.82 Å². The van der Waals surface area contributed by atoms with E-state index < -0.39 is 0 Å². The third-order valence-corrected chi connectivity index (χ3v) is 5.41. The van der Waals surface area contributed by atoms with Crippen LogP contribution in [0.15, 0.2) is 65.1 Å². The van der Waals surface area contributed by atoms with Gasteiger partial charge in [-0.1, -0.05) is 24.3 Å². The van der Waals surface area contributed by atoms with Crippen molar-refractivity contribution in [1.82, 2.24) is 14.5 Å². The molecule has 0 saturated carbocycles. The van der Waals surface area contributed by atoms with Gasteiger partial charge < -0.3 is 9.55 Å². The van der Waals surface area contributed by atoms with E-state index in [1.165, 1.54) is 12.1 Å².